The van der Waals surface area contributed by atoms with Gasteiger partial charge in [0.25, 0.3) is 0 Å². The lowest BCUT2D eigenvalue weighted by Crippen LogP contribution is -2.38. The molecule has 1 saturated heterocycles. The first kappa shape index (κ1) is 24.6. The van der Waals surface area contributed by atoms with Gasteiger partial charge in [0.05, 0.1) is 19.8 Å². The molecule has 1 aromatic carbocycles. The highest BCUT2D eigenvalue weighted by Gasteiger charge is 2.13. The molecule has 0 saturated carbocycles. The van der Waals surface area contributed by atoms with Crippen LogP contribution in [0.4, 0.5) is 0 Å². The van der Waals surface area contributed by atoms with Gasteiger partial charge in [0.15, 0.2) is 5.96 Å². The second-order valence-corrected chi connectivity index (χ2v) is 7.83. The number of nitrogens with zero attached hydrogens (tertiary/aromatic N) is 4. The topological polar surface area (TPSA) is 66.7 Å². The van der Waals surface area contributed by atoms with E-state index in [2.05, 4.69) is 68.2 Å². The van der Waals surface area contributed by atoms with Gasteiger partial charge in [-0.2, -0.15) is 0 Å². The zero-order valence-electron chi connectivity index (χ0n) is 18.3. The molecule has 2 heterocycles. The molecule has 0 spiro atoms. The highest BCUT2D eigenvalue weighted by molar-refractivity contribution is 14.0. The van der Waals surface area contributed by atoms with Crippen molar-refractivity contribution in [3.8, 4) is 0 Å². The molecular formula is C22H35IN6O. The van der Waals surface area contributed by atoms with Crippen molar-refractivity contribution in [2.75, 3.05) is 33.4 Å². The third-order valence-corrected chi connectivity index (χ3v) is 5.06. The Hall–Kier alpha value is -1.65. The maximum Gasteiger partial charge on any atom is 0.191 e. The molecule has 0 unspecified atom stereocenters. The number of guanidine groups is 1. The van der Waals surface area contributed by atoms with Gasteiger partial charge in [0.1, 0.15) is 5.82 Å². The number of morpholine rings is 1. The lowest BCUT2D eigenvalue weighted by atomic mass is 10.1. The highest BCUT2D eigenvalue weighted by Crippen LogP contribution is 2.13. The molecule has 1 aromatic heterocycles. The van der Waals surface area contributed by atoms with Crippen molar-refractivity contribution in [3.05, 3.63) is 53.6 Å². The van der Waals surface area contributed by atoms with E-state index in [0.29, 0.717) is 12.5 Å². The average Bonchev–Trinajstić information content (AvgIpc) is 3.16. The average molecular weight is 526 g/mol. The first-order valence-electron chi connectivity index (χ1n) is 10.5. The summed E-state index contributed by atoms with van der Waals surface area (Å²) in [5.74, 6) is 2.39. The molecule has 3 rings (SSSR count). The fourth-order valence-corrected chi connectivity index (χ4v) is 3.51. The van der Waals surface area contributed by atoms with Crippen molar-refractivity contribution >= 4 is 29.9 Å². The van der Waals surface area contributed by atoms with Gasteiger partial charge in [-0.3, -0.25) is 9.89 Å². The van der Waals surface area contributed by atoms with Crippen LogP contribution in [0.25, 0.3) is 0 Å². The van der Waals surface area contributed by atoms with Gasteiger partial charge >= 0.3 is 0 Å². The Bertz CT molecular complexity index is 785. The van der Waals surface area contributed by atoms with Crippen molar-refractivity contribution in [1.82, 2.24) is 25.1 Å². The number of imidazole rings is 1. The fourth-order valence-electron chi connectivity index (χ4n) is 3.51. The Morgan fingerprint density at radius 2 is 1.83 bits per heavy atom. The van der Waals surface area contributed by atoms with Crippen molar-refractivity contribution in [3.63, 3.8) is 0 Å². The Morgan fingerprint density at radius 1 is 1.13 bits per heavy atom. The van der Waals surface area contributed by atoms with Crippen molar-refractivity contribution in [2.45, 2.75) is 40.0 Å². The maximum atomic E-state index is 5.46. The van der Waals surface area contributed by atoms with Gasteiger partial charge in [-0.15, -0.1) is 24.0 Å². The summed E-state index contributed by atoms with van der Waals surface area (Å²) in [6.07, 6.45) is 3.90. The van der Waals surface area contributed by atoms with Gasteiger partial charge in [-0.25, -0.2) is 4.98 Å². The standard InChI is InChI=1S/C22H34N6O.HI/c1-18(2)16-28-9-8-24-21(28)15-26-22(23-3)25-14-19-6-4-5-7-20(19)17-27-10-12-29-13-11-27;/h4-9,18H,10-17H2,1-3H3,(H2,23,25,26);1H. The van der Waals surface area contributed by atoms with Crippen molar-refractivity contribution < 1.29 is 4.74 Å². The van der Waals surface area contributed by atoms with Crippen LogP contribution >= 0.6 is 24.0 Å². The smallest absolute Gasteiger partial charge is 0.191 e. The molecule has 8 heteroatoms. The lowest BCUT2D eigenvalue weighted by Gasteiger charge is -2.27. The molecular weight excluding hydrogens is 491 g/mol. The van der Waals surface area contributed by atoms with Gasteiger partial charge < -0.3 is 19.9 Å². The van der Waals surface area contributed by atoms with E-state index in [9.17, 15) is 0 Å². The summed E-state index contributed by atoms with van der Waals surface area (Å²) in [5.41, 5.74) is 2.65. The third kappa shape index (κ3) is 7.55. The van der Waals surface area contributed by atoms with Gasteiger partial charge in [0.2, 0.25) is 0 Å². The second-order valence-electron chi connectivity index (χ2n) is 7.83. The van der Waals surface area contributed by atoms with Crippen LogP contribution in [0.3, 0.4) is 0 Å². The predicted octanol–water partition coefficient (Wildman–Crippen LogP) is 2.85. The van der Waals surface area contributed by atoms with E-state index in [1.54, 1.807) is 7.05 Å². The zero-order chi connectivity index (χ0) is 20.5. The number of hydrogen-bond donors (Lipinski definition) is 2. The summed E-state index contributed by atoms with van der Waals surface area (Å²) in [5, 5.41) is 6.83. The summed E-state index contributed by atoms with van der Waals surface area (Å²) in [7, 11) is 1.80. The molecule has 0 radical (unpaired) electrons. The molecule has 7 nitrogen and oxygen atoms in total. The van der Waals surface area contributed by atoms with Crippen LogP contribution in [-0.2, 0) is 30.9 Å². The van der Waals surface area contributed by atoms with E-state index in [-0.39, 0.29) is 24.0 Å². The molecule has 2 N–H and O–H groups in total. The summed E-state index contributed by atoms with van der Waals surface area (Å²) in [6.45, 7) is 11.4. The van der Waals surface area contributed by atoms with E-state index in [1.807, 2.05) is 12.4 Å². The molecule has 166 valence electrons. The molecule has 0 amide bonds. The van der Waals surface area contributed by atoms with Crippen LogP contribution in [-0.4, -0.2) is 53.8 Å². The number of benzene rings is 1. The number of hydrogen-bond acceptors (Lipinski definition) is 4. The summed E-state index contributed by atoms with van der Waals surface area (Å²) in [4.78, 5) is 11.3. The molecule has 0 bridgehead atoms. The van der Waals surface area contributed by atoms with Crippen molar-refractivity contribution in [2.24, 2.45) is 10.9 Å². The number of nitrogens with one attached hydrogen (secondary N) is 2. The van der Waals surface area contributed by atoms with Gasteiger partial charge in [-0.05, 0) is 17.0 Å². The molecule has 0 atom stereocenters. The SMILES string of the molecule is CN=C(NCc1ccccc1CN1CCOCC1)NCc1nccn1CC(C)C.I. The Kier molecular flexibility index (Phi) is 10.6. The fraction of sp³-hybridized carbons (Fsp3) is 0.545. The van der Waals surface area contributed by atoms with Crippen molar-refractivity contribution in [1.29, 1.82) is 0 Å². The molecule has 1 fully saturated rings. The van der Waals surface area contributed by atoms with Crippen LogP contribution in [0.1, 0.15) is 30.8 Å². The Labute approximate surface area is 197 Å². The summed E-state index contributed by atoms with van der Waals surface area (Å²) >= 11 is 0. The van der Waals surface area contributed by atoms with E-state index in [4.69, 9.17) is 4.74 Å². The largest absolute Gasteiger partial charge is 0.379 e. The van der Waals surface area contributed by atoms with E-state index >= 15 is 0 Å². The van der Waals surface area contributed by atoms with Crippen LogP contribution in [0.5, 0.6) is 0 Å². The van der Waals surface area contributed by atoms with E-state index in [0.717, 1.165) is 57.7 Å². The lowest BCUT2D eigenvalue weighted by molar-refractivity contribution is 0.0341. The number of ether oxygens (including phenoxy) is 1. The van der Waals surface area contributed by atoms with Crippen LogP contribution in [0.15, 0.2) is 41.7 Å². The zero-order valence-corrected chi connectivity index (χ0v) is 20.6. The maximum absolute atomic E-state index is 5.46. The molecule has 1 aliphatic heterocycles. The van der Waals surface area contributed by atoms with Crippen LogP contribution < -0.4 is 10.6 Å². The molecule has 0 aliphatic carbocycles. The minimum Gasteiger partial charge on any atom is -0.379 e. The second kappa shape index (κ2) is 12.9. The van der Waals surface area contributed by atoms with E-state index in [1.165, 1.54) is 11.1 Å². The first-order valence-corrected chi connectivity index (χ1v) is 10.5. The summed E-state index contributed by atoms with van der Waals surface area (Å²) < 4.78 is 7.66. The normalized spacial score (nSPS) is 15.1. The first-order chi connectivity index (χ1) is 14.2. The molecule has 2 aromatic rings. The summed E-state index contributed by atoms with van der Waals surface area (Å²) in [6, 6.07) is 8.61. The quantitative estimate of drug-likeness (QED) is 0.315. The molecule has 1 aliphatic rings. The number of aromatic nitrogens is 2. The number of rotatable bonds is 8. The number of aliphatic imine (C=N–C) groups is 1. The monoisotopic (exact) mass is 526 g/mol. The van der Waals surface area contributed by atoms with Gasteiger partial charge in [-0.1, -0.05) is 38.1 Å². The minimum atomic E-state index is 0. The molecule has 30 heavy (non-hydrogen) atoms. The highest BCUT2D eigenvalue weighted by atomic mass is 127. The Balaban J connectivity index is 0.00000320. The predicted molar refractivity (Wildman–Crippen MR) is 132 cm³/mol. The number of halogens is 1. The third-order valence-electron chi connectivity index (χ3n) is 5.06. The Morgan fingerprint density at radius 3 is 2.53 bits per heavy atom. The van der Waals surface area contributed by atoms with Crippen LogP contribution in [0, 0.1) is 5.92 Å². The minimum absolute atomic E-state index is 0. The van der Waals surface area contributed by atoms with E-state index < -0.39 is 0 Å². The van der Waals surface area contributed by atoms with Crippen LogP contribution in [0.2, 0.25) is 0 Å². The van der Waals surface area contributed by atoms with Gasteiger partial charge in [0, 0.05) is 52.2 Å².